The predicted octanol–water partition coefficient (Wildman–Crippen LogP) is 4.03. The van der Waals surface area contributed by atoms with Crippen LogP contribution in [0, 0.1) is 0 Å². The molecule has 0 bridgehead atoms. The van der Waals surface area contributed by atoms with E-state index >= 15 is 0 Å². The number of halogens is 6. The van der Waals surface area contributed by atoms with Crippen LogP contribution >= 0.6 is 11.6 Å². The molecule has 0 saturated carbocycles. The van der Waals surface area contributed by atoms with Crippen molar-refractivity contribution in [1.29, 1.82) is 0 Å². The summed E-state index contributed by atoms with van der Waals surface area (Å²) < 4.78 is 64.0. The zero-order valence-corrected chi connectivity index (χ0v) is 12.6. The van der Waals surface area contributed by atoms with Crippen molar-refractivity contribution < 1.29 is 26.7 Å². The van der Waals surface area contributed by atoms with Crippen molar-refractivity contribution in [1.82, 2.24) is 4.90 Å². The molecule has 1 heterocycles. The predicted molar refractivity (Wildman–Crippen MR) is 75.7 cm³/mol. The van der Waals surface area contributed by atoms with E-state index in [1.807, 2.05) is 0 Å². The van der Waals surface area contributed by atoms with Gasteiger partial charge in [-0.1, -0.05) is 11.6 Å². The molecule has 1 aromatic carbocycles. The third-order valence-corrected chi connectivity index (χ3v) is 3.85. The number of carbonyl (C=O) groups excluding carboxylic acids is 1. The SMILES string of the molecule is O=C(CN1CCC(F)(F)CC1)Nc1cc(C(F)(F)F)ccc1Cl. The van der Waals surface area contributed by atoms with Crippen molar-refractivity contribution >= 4 is 23.2 Å². The summed E-state index contributed by atoms with van der Waals surface area (Å²) in [5.74, 6) is -3.33. The number of nitrogens with zero attached hydrogens (tertiary/aromatic N) is 1. The molecule has 0 radical (unpaired) electrons. The summed E-state index contributed by atoms with van der Waals surface area (Å²) in [5, 5.41) is 2.26. The lowest BCUT2D eigenvalue weighted by molar-refractivity contribution is -0.137. The average molecular weight is 357 g/mol. The van der Waals surface area contributed by atoms with Crippen molar-refractivity contribution in [3.63, 3.8) is 0 Å². The first-order chi connectivity index (χ1) is 10.6. The molecule has 0 aliphatic carbocycles. The molecular weight excluding hydrogens is 343 g/mol. The van der Waals surface area contributed by atoms with Gasteiger partial charge in [-0.05, 0) is 18.2 Å². The highest BCUT2D eigenvalue weighted by Gasteiger charge is 2.34. The van der Waals surface area contributed by atoms with E-state index in [1.54, 1.807) is 0 Å². The molecule has 0 aromatic heterocycles. The van der Waals surface area contributed by atoms with Crippen LogP contribution in [0.25, 0.3) is 0 Å². The third kappa shape index (κ3) is 5.04. The molecule has 0 unspecified atom stereocenters. The Hall–Kier alpha value is -1.41. The van der Waals surface area contributed by atoms with E-state index in [0.717, 1.165) is 18.2 Å². The lowest BCUT2D eigenvalue weighted by Crippen LogP contribution is -2.43. The van der Waals surface area contributed by atoms with Gasteiger partial charge in [0, 0.05) is 25.9 Å². The number of benzene rings is 1. The lowest BCUT2D eigenvalue weighted by atomic mass is 10.1. The van der Waals surface area contributed by atoms with E-state index in [0.29, 0.717) is 0 Å². The molecule has 1 aromatic rings. The summed E-state index contributed by atoms with van der Waals surface area (Å²) >= 11 is 5.78. The quantitative estimate of drug-likeness (QED) is 0.829. The monoisotopic (exact) mass is 356 g/mol. The minimum atomic E-state index is -4.55. The number of alkyl halides is 5. The number of amides is 1. The highest BCUT2D eigenvalue weighted by Crippen LogP contribution is 2.34. The van der Waals surface area contributed by atoms with Crippen LogP contribution in [-0.4, -0.2) is 36.4 Å². The standard InChI is InChI=1S/C14H14ClF5N2O/c15-10-2-1-9(14(18,19)20)7-11(10)21-12(23)8-22-5-3-13(16,17)4-6-22/h1-2,7H,3-6,8H2,(H,21,23). The molecule has 9 heteroatoms. The molecule has 2 rings (SSSR count). The fraction of sp³-hybridized carbons (Fsp3) is 0.500. The minimum Gasteiger partial charge on any atom is -0.324 e. The van der Waals surface area contributed by atoms with Crippen molar-refractivity contribution in [3.8, 4) is 0 Å². The number of likely N-dealkylation sites (tertiary alicyclic amines) is 1. The van der Waals surface area contributed by atoms with Gasteiger partial charge >= 0.3 is 6.18 Å². The molecule has 128 valence electrons. The maximum absolute atomic E-state index is 13.0. The maximum Gasteiger partial charge on any atom is 0.416 e. The first-order valence-electron chi connectivity index (χ1n) is 6.84. The summed E-state index contributed by atoms with van der Waals surface area (Å²) in [6, 6.07) is 2.59. The number of nitrogens with one attached hydrogen (secondary N) is 1. The van der Waals surface area contributed by atoms with Crippen LogP contribution in [0.1, 0.15) is 18.4 Å². The van der Waals surface area contributed by atoms with Gasteiger partial charge in [0.2, 0.25) is 5.91 Å². The van der Waals surface area contributed by atoms with E-state index in [9.17, 15) is 26.7 Å². The van der Waals surface area contributed by atoms with Gasteiger partial charge in [0.25, 0.3) is 5.92 Å². The van der Waals surface area contributed by atoms with Gasteiger partial charge in [-0.15, -0.1) is 0 Å². The summed E-state index contributed by atoms with van der Waals surface area (Å²) in [5.41, 5.74) is -1.09. The van der Waals surface area contributed by atoms with Gasteiger partial charge in [0.05, 0.1) is 22.8 Å². The van der Waals surface area contributed by atoms with Gasteiger partial charge in [0.15, 0.2) is 0 Å². The summed E-state index contributed by atoms with van der Waals surface area (Å²) in [7, 11) is 0. The maximum atomic E-state index is 13.0. The lowest BCUT2D eigenvalue weighted by Gasteiger charge is -2.31. The van der Waals surface area contributed by atoms with Crippen LogP contribution in [0.4, 0.5) is 27.6 Å². The second-order valence-electron chi connectivity index (χ2n) is 5.37. The number of anilines is 1. The molecule has 23 heavy (non-hydrogen) atoms. The molecule has 1 fully saturated rings. The molecule has 0 spiro atoms. The van der Waals surface area contributed by atoms with Crippen LogP contribution in [0.2, 0.25) is 5.02 Å². The van der Waals surface area contributed by atoms with E-state index in [1.165, 1.54) is 4.90 Å². The fourth-order valence-corrected chi connectivity index (χ4v) is 2.39. The topological polar surface area (TPSA) is 32.3 Å². The molecule has 1 N–H and O–H groups in total. The van der Waals surface area contributed by atoms with Crippen molar-refractivity contribution in [2.24, 2.45) is 0 Å². The van der Waals surface area contributed by atoms with Crippen molar-refractivity contribution in [3.05, 3.63) is 28.8 Å². The Morgan fingerprint density at radius 1 is 1.26 bits per heavy atom. The van der Waals surface area contributed by atoms with Crippen LogP contribution in [0.15, 0.2) is 18.2 Å². The van der Waals surface area contributed by atoms with Crippen LogP contribution in [0.5, 0.6) is 0 Å². The second-order valence-corrected chi connectivity index (χ2v) is 5.78. The minimum absolute atomic E-state index is 0.0310. The van der Waals surface area contributed by atoms with E-state index < -0.39 is 23.6 Å². The zero-order valence-electron chi connectivity index (χ0n) is 11.9. The Balaban J connectivity index is 1.98. The van der Waals surface area contributed by atoms with Crippen molar-refractivity contribution in [2.75, 3.05) is 25.0 Å². The molecule has 1 aliphatic rings. The molecule has 1 amide bonds. The van der Waals surface area contributed by atoms with Gasteiger partial charge in [-0.25, -0.2) is 8.78 Å². The molecule has 1 aliphatic heterocycles. The number of hydrogen-bond acceptors (Lipinski definition) is 2. The van der Waals surface area contributed by atoms with E-state index in [2.05, 4.69) is 5.32 Å². The second kappa shape index (κ2) is 6.60. The normalized spacial score (nSPS) is 18.7. The van der Waals surface area contributed by atoms with Crippen LogP contribution in [-0.2, 0) is 11.0 Å². The fourth-order valence-electron chi connectivity index (χ4n) is 2.23. The zero-order chi connectivity index (χ0) is 17.3. The number of hydrogen-bond donors (Lipinski definition) is 1. The summed E-state index contributed by atoms with van der Waals surface area (Å²) in [6.07, 6.45) is -5.24. The molecule has 3 nitrogen and oxygen atoms in total. The largest absolute Gasteiger partial charge is 0.416 e. The molecular formula is C14H14ClF5N2O. The van der Waals surface area contributed by atoms with Gasteiger partial charge in [0.1, 0.15) is 0 Å². The molecule has 0 atom stereocenters. The van der Waals surface area contributed by atoms with Gasteiger partial charge < -0.3 is 5.32 Å². The number of rotatable bonds is 3. The first kappa shape index (κ1) is 17.9. The third-order valence-electron chi connectivity index (χ3n) is 3.52. The highest BCUT2D eigenvalue weighted by molar-refractivity contribution is 6.33. The van der Waals surface area contributed by atoms with Crippen molar-refractivity contribution in [2.45, 2.75) is 24.9 Å². The van der Waals surface area contributed by atoms with Gasteiger partial charge in [-0.3, -0.25) is 9.69 Å². The van der Waals surface area contributed by atoms with E-state index in [-0.39, 0.29) is 43.2 Å². The number of carbonyl (C=O) groups is 1. The van der Waals surface area contributed by atoms with Crippen LogP contribution < -0.4 is 5.32 Å². The Kier molecular flexibility index (Phi) is 5.15. The smallest absolute Gasteiger partial charge is 0.324 e. The Bertz CT molecular complexity index is 581. The first-order valence-corrected chi connectivity index (χ1v) is 7.21. The van der Waals surface area contributed by atoms with Crippen LogP contribution in [0.3, 0.4) is 0 Å². The summed E-state index contributed by atoms with van der Waals surface area (Å²) in [6.45, 7) is -0.0733. The molecule has 1 saturated heterocycles. The van der Waals surface area contributed by atoms with E-state index in [4.69, 9.17) is 11.6 Å². The number of piperidine rings is 1. The highest BCUT2D eigenvalue weighted by atomic mass is 35.5. The Morgan fingerprint density at radius 3 is 2.43 bits per heavy atom. The Morgan fingerprint density at radius 2 is 1.87 bits per heavy atom. The summed E-state index contributed by atoms with van der Waals surface area (Å²) in [4.78, 5) is 13.4. The van der Waals surface area contributed by atoms with Gasteiger partial charge in [-0.2, -0.15) is 13.2 Å². The Labute approximate surface area is 134 Å². The average Bonchev–Trinajstić information content (AvgIpc) is 2.42.